The van der Waals surface area contributed by atoms with Crippen molar-refractivity contribution in [2.75, 3.05) is 0 Å². The number of hydrogen-bond acceptors (Lipinski definition) is 2. The third-order valence-electron chi connectivity index (χ3n) is 2.39. The van der Waals surface area contributed by atoms with Gasteiger partial charge in [-0.05, 0) is 40.5 Å². The van der Waals surface area contributed by atoms with Crippen molar-refractivity contribution in [2.45, 2.75) is 19.8 Å². The molecule has 3 nitrogen and oxygen atoms in total. The van der Waals surface area contributed by atoms with Crippen LogP contribution < -0.4 is 5.73 Å². The van der Waals surface area contributed by atoms with Gasteiger partial charge in [0.2, 0.25) is 5.82 Å². The molecule has 1 heterocycles. The standard InChI is InChI=1S/C10H9BrF3N3/c1-5-2-6(11)8-7(3-5)17(4-15)9(16-8)10(12,13)14/h2-3H,4,15H2,1H3. The zero-order chi connectivity index (χ0) is 12.8. The summed E-state index contributed by atoms with van der Waals surface area (Å²) < 4.78 is 39.8. The fraction of sp³-hybridized carbons (Fsp3) is 0.300. The summed E-state index contributed by atoms with van der Waals surface area (Å²) in [6.07, 6.45) is -4.51. The number of aryl methyl sites for hydroxylation is 1. The first kappa shape index (κ1) is 12.4. The van der Waals surface area contributed by atoms with E-state index >= 15 is 0 Å². The van der Waals surface area contributed by atoms with E-state index in [0.29, 0.717) is 9.99 Å². The summed E-state index contributed by atoms with van der Waals surface area (Å²) >= 11 is 3.21. The second-order valence-corrected chi connectivity index (χ2v) is 4.51. The van der Waals surface area contributed by atoms with E-state index in [1.807, 2.05) is 0 Å². The predicted octanol–water partition coefficient (Wildman–Crippen LogP) is 3.04. The molecule has 7 heteroatoms. The van der Waals surface area contributed by atoms with Crippen molar-refractivity contribution in [2.24, 2.45) is 5.73 Å². The number of alkyl halides is 3. The maximum absolute atomic E-state index is 12.8. The Morgan fingerprint density at radius 1 is 1.41 bits per heavy atom. The van der Waals surface area contributed by atoms with Crippen molar-refractivity contribution in [1.82, 2.24) is 9.55 Å². The first-order chi connectivity index (χ1) is 7.84. The highest BCUT2D eigenvalue weighted by Gasteiger charge is 2.37. The fourth-order valence-corrected chi connectivity index (χ4v) is 2.37. The number of rotatable bonds is 1. The molecular weight excluding hydrogens is 299 g/mol. The Morgan fingerprint density at radius 2 is 2.06 bits per heavy atom. The molecule has 0 atom stereocenters. The van der Waals surface area contributed by atoms with Crippen LogP contribution in [0, 0.1) is 6.92 Å². The summed E-state index contributed by atoms with van der Waals surface area (Å²) in [6.45, 7) is 1.53. The number of halogens is 4. The van der Waals surface area contributed by atoms with Gasteiger partial charge in [0.05, 0.1) is 12.2 Å². The van der Waals surface area contributed by atoms with Gasteiger partial charge in [-0.2, -0.15) is 13.2 Å². The smallest absolute Gasteiger partial charge is 0.314 e. The van der Waals surface area contributed by atoms with Gasteiger partial charge in [0.25, 0.3) is 0 Å². The maximum Gasteiger partial charge on any atom is 0.449 e. The topological polar surface area (TPSA) is 43.8 Å². The second-order valence-electron chi connectivity index (χ2n) is 3.66. The fourth-order valence-electron chi connectivity index (χ4n) is 1.71. The van der Waals surface area contributed by atoms with Gasteiger partial charge in [0.1, 0.15) is 5.52 Å². The van der Waals surface area contributed by atoms with E-state index in [1.54, 1.807) is 19.1 Å². The Kier molecular flexibility index (Phi) is 2.90. The molecule has 0 aliphatic heterocycles. The molecule has 0 bridgehead atoms. The Balaban J connectivity index is 2.85. The van der Waals surface area contributed by atoms with Crippen LogP contribution in [0.15, 0.2) is 16.6 Å². The maximum atomic E-state index is 12.8. The summed E-state index contributed by atoms with van der Waals surface area (Å²) in [5.74, 6) is -0.971. The first-order valence-corrected chi connectivity index (χ1v) is 5.57. The Morgan fingerprint density at radius 3 is 2.59 bits per heavy atom. The van der Waals surface area contributed by atoms with E-state index in [4.69, 9.17) is 5.73 Å². The van der Waals surface area contributed by atoms with E-state index in [0.717, 1.165) is 10.1 Å². The summed E-state index contributed by atoms with van der Waals surface area (Å²) in [5.41, 5.74) is 6.86. The van der Waals surface area contributed by atoms with Gasteiger partial charge in [-0.15, -0.1) is 0 Å². The molecule has 0 fully saturated rings. The van der Waals surface area contributed by atoms with Crippen LogP contribution in [-0.2, 0) is 12.8 Å². The van der Waals surface area contributed by atoms with Crippen LogP contribution in [-0.4, -0.2) is 9.55 Å². The van der Waals surface area contributed by atoms with Crippen molar-refractivity contribution in [3.63, 3.8) is 0 Å². The molecule has 1 aromatic heterocycles. The average Bonchev–Trinajstić information content (AvgIpc) is 2.55. The molecule has 0 radical (unpaired) electrons. The molecule has 0 saturated heterocycles. The van der Waals surface area contributed by atoms with Crippen molar-refractivity contribution in [1.29, 1.82) is 0 Å². The molecule has 0 aliphatic rings. The van der Waals surface area contributed by atoms with Gasteiger partial charge >= 0.3 is 6.18 Å². The molecular formula is C10H9BrF3N3. The third-order valence-corrected chi connectivity index (χ3v) is 2.99. The zero-order valence-electron chi connectivity index (χ0n) is 8.85. The molecule has 1 aromatic carbocycles. The number of aromatic nitrogens is 2. The lowest BCUT2D eigenvalue weighted by molar-refractivity contribution is -0.146. The zero-order valence-corrected chi connectivity index (χ0v) is 10.4. The molecule has 92 valence electrons. The minimum atomic E-state index is -4.51. The summed E-state index contributed by atoms with van der Waals surface area (Å²) in [6, 6.07) is 3.35. The summed E-state index contributed by atoms with van der Waals surface area (Å²) in [5, 5.41) is 0. The highest BCUT2D eigenvalue weighted by atomic mass is 79.9. The monoisotopic (exact) mass is 307 g/mol. The number of benzene rings is 1. The molecule has 2 N–H and O–H groups in total. The first-order valence-electron chi connectivity index (χ1n) is 4.78. The Labute approximate surface area is 104 Å². The number of nitrogens with two attached hydrogens (primary N) is 1. The minimum Gasteiger partial charge on any atom is -0.314 e. The van der Waals surface area contributed by atoms with Crippen LogP contribution in [0.3, 0.4) is 0 Å². The van der Waals surface area contributed by atoms with E-state index < -0.39 is 12.0 Å². The van der Waals surface area contributed by atoms with E-state index in [1.165, 1.54) is 0 Å². The Hall–Kier alpha value is -1.08. The lowest BCUT2D eigenvalue weighted by Gasteiger charge is -2.08. The van der Waals surface area contributed by atoms with Crippen LogP contribution in [0.5, 0.6) is 0 Å². The van der Waals surface area contributed by atoms with Gasteiger partial charge in [-0.1, -0.05) is 0 Å². The number of imidazole rings is 1. The molecule has 17 heavy (non-hydrogen) atoms. The van der Waals surface area contributed by atoms with Gasteiger partial charge in [-0.25, -0.2) is 4.98 Å². The lowest BCUT2D eigenvalue weighted by Crippen LogP contribution is -2.18. The van der Waals surface area contributed by atoms with E-state index in [2.05, 4.69) is 20.9 Å². The van der Waals surface area contributed by atoms with Crippen molar-refractivity contribution >= 4 is 27.0 Å². The van der Waals surface area contributed by atoms with Crippen molar-refractivity contribution in [3.8, 4) is 0 Å². The van der Waals surface area contributed by atoms with Crippen LogP contribution in [0.2, 0.25) is 0 Å². The van der Waals surface area contributed by atoms with E-state index in [9.17, 15) is 13.2 Å². The lowest BCUT2D eigenvalue weighted by atomic mass is 10.2. The predicted molar refractivity (Wildman–Crippen MR) is 61.4 cm³/mol. The molecule has 0 spiro atoms. The van der Waals surface area contributed by atoms with E-state index in [-0.39, 0.29) is 12.2 Å². The highest BCUT2D eigenvalue weighted by Crippen LogP contribution is 2.33. The molecule has 0 aliphatic carbocycles. The Bertz CT molecular complexity index is 574. The minimum absolute atomic E-state index is 0.263. The molecule has 0 saturated carbocycles. The van der Waals surface area contributed by atoms with Gasteiger partial charge in [0.15, 0.2) is 0 Å². The number of hydrogen-bond donors (Lipinski definition) is 1. The normalized spacial score (nSPS) is 12.4. The van der Waals surface area contributed by atoms with Crippen LogP contribution in [0.25, 0.3) is 11.0 Å². The average molecular weight is 308 g/mol. The number of nitrogens with zero attached hydrogens (tertiary/aromatic N) is 2. The molecule has 2 rings (SSSR count). The molecule has 0 amide bonds. The van der Waals surface area contributed by atoms with Gasteiger partial charge in [-0.3, -0.25) is 0 Å². The van der Waals surface area contributed by atoms with Crippen LogP contribution in [0.1, 0.15) is 11.4 Å². The third kappa shape index (κ3) is 2.04. The quantitative estimate of drug-likeness (QED) is 0.880. The SMILES string of the molecule is Cc1cc(Br)c2nc(C(F)(F)F)n(CN)c2c1. The van der Waals surface area contributed by atoms with Gasteiger partial charge in [0, 0.05) is 4.47 Å². The molecule has 0 unspecified atom stereocenters. The number of fused-ring (bicyclic) bond motifs is 1. The van der Waals surface area contributed by atoms with Crippen LogP contribution >= 0.6 is 15.9 Å². The summed E-state index contributed by atoms with van der Waals surface area (Å²) in [4.78, 5) is 3.61. The largest absolute Gasteiger partial charge is 0.449 e. The molecule has 2 aromatic rings. The van der Waals surface area contributed by atoms with Crippen LogP contribution in [0.4, 0.5) is 13.2 Å². The highest BCUT2D eigenvalue weighted by molar-refractivity contribution is 9.10. The van der Waals surface area contributed by atoms with Gasteiger partial charge < -0.3 is 10.3 Å². The van der Waals surface area contributed by atoms with Crippen molar-refractivity contribution in [3.05, 3.63) is 28.0 Å². The van der Waals surface area contributed by atoms with Crippen molar-refractivity contribution < 1.29 is 13.2 Å². The second kappa shape index (κ2) is 3.99. The summed E-state index contributed by atoms with van der Waals surface area (Å²) in [7, 11) is 0.